The minimum atomic E-state index is -1.12. The van der Waals surface area contributed by atoms with Crippen LogP contribution in [0.15, 0.2) is 54.6 Å². The van der Waals surface area contributed by atoms with Gasteiger partial charge in [0.2, 0.25) is 11.8 Å². The highest BCUT2D eigenvalue weighted by molar-refractivity contribution is 5.91. The second kappa shape index (κ2) is 12.6. The number of hydrogen-bond donors (Lipinski definition) is 2. The molecule has 38 heavy (non-hydrogen) atoms. The second-order valence-corrected chi connectivity index (χ2v) is 9.75. The average molecular weight is 524 g/mol. The molecule has 0 saturated carbocycles. The number of carboxylic acids is 1. The Balaban J connectivity index is 1.73. The molecule has 1 fully saturated rings. The molecule has 2 aromatic carbocycles. The van der Waals surface area contributed by atoms with Crippen LogP contribution >= 0.6 is 0 Å². The molecule has 2 amide bonds. The molecule has 0 spiro atoms. The van der Waals surface area contributed by atoms with Gasteiger partial charge in [0.05, 0.1) is 18.9 Å². The Labute approximate surface area is 223 Å². The lowest BCUT2D eigenvalue weighted by Crippen LogP contribution is -2.61. The summed E-state index contributed by atoms with van der Waals surface area (Å²) in [6.07, 6.45) is 0.738. The third-order valence-electron chi connectivity index (χ3n) is 7.37. The van der Waals surface area contributed by atoms with Crippen LogP contribution in [0.5, 0.6) is 0 Å². The molecule has 1 aliphatic heterocycles. The fraction of sp³-hybridized carbons (Fsp3) is 0.448. The first-order valence-electron chi connectivity index (χ1n) is 12.9. The van der Waals surface area contributed by atoms with Gasteiger partial charge in [-0.3, -0.25) is 14.4 Å². The fourth-order valence-corrected chi connectivity index (χ4v) is 4.88. The summed E-state index contributed by atoms with van der Waals surface area (Å²) in [6.45, 7) is 6.32. The summed E-state index contributed by atoms with van der Waals surface area (Å²) in [5.74, 6) is -2.91. The Kier molecular flexibility index (Phi) is 9.50. The average Bonchev–Trinajstić information content (AvgIpc) is 2.94. The summed E-state index contributed by atoms with van der Waals surface area (Å²) in [4.78, 5) is 53.5. The van der Waals surface area contributed by atoms with Crippen LogP contribution in [0.4, 0.5) is 5.69 Å². The van der Waals surface area contributed by atoms with Crippen LogP contribution in [0.25, 0.3) is 0 Å². The number of anilines is 1. The molecule has 0 radical (unpaired) electrons. The van der Waals surface area contributed by atoms with E-state index >= 15 is 0 Å². The Hall–Kier alpha value is -3.88. The van der Waals surface area contributed by atoms with Crippen LogP contribution in [-0.4, -0.2) is 72.6 Å². The molecule has 0 aliphatic carbocycles. The van der Waals surface area contributed by atoms with Crippen LogP contribution in [-0.2, 0) is 23.9 Å². The van der Waals surface area contributed by atoms with Gasteiger partial charge in [0.15, 0.2) is 0 Å². The zero-order chi connectivity index (χ0) is 27.9. The first kappa shape index (κ1) is 28.7. The molecular weight excluding hydrogens is 486 g/mol. The summed E-state index contributed by atoms with van der Waals surface area (Å²) in [6, 6.07) is 17.0. The zero-order valence-electron chi connectivity index (χ0n) is 22.5. The summed E-state index contributed by atoms with van der Waals surface area (Å²) in [5.41, 5.74) is 1.43. The monoisotopic (exact) mass is 523 g/mol. The third kappa shape index (κ3) is 6.51. The van der Waals surface area contributed by atoms with Crippen molar-refractivity contribution in [3.63, 3.8) is 0 Å². The number of carbonyl (C=O) groups is 4. The standard InChI is InChI=1S/C29H37N3O6/c1-5-31(19-25(33)34)27(36)21(3)23-12-9-13-24(18-23)32-16-14-29(15-17-32,28(37)38-4)30-26(35)20(2)22-10-7-6-8-11-22/h6-13,18,20-21H,5,14-17,19H2,1-4H3,(H,30,35)(H,33,34). The lowest BCUT2D eigenvalue weighted by molar-refractivity contribution is -0.152. The number of nitrogens with one attached hydrogen (secondary N) is 1. The Morgan fingerprint density at radius 2 is 1.63 bits per heavy atom. The van der Waals surface area contributed by atoms with Crippen molar-refractivity contribution in [2.45, 2.75) is 51.0 Å². The van der Waals surface area contributed by atoms with Crippen molar-refractivity contribution < 1.29 is 29.0 Å². The van der Waals surface area contributed by atoms with E-state index in [4.69, 9.17) is 9.84 Å². The number of likely N-dealkylation sites (N-methyl/N-ethyl adjacent to an activating group) is 1. The van der Waals surface area contributed by atoms with Gasteiger partial charge in [-0.25, -0.2) is 4.79 Å². The van der Waals surface area contributed by atoms with E-state index in [0.29, 0.717) is 32.5 Å². The predicted octanol–water partition coefficient (Wildman–Crippen LogP) is 3.16. The molecule has 9 heteroatoms. The molecule has 0 bridgehead atoms. The van der Waals surface area contributed by atoms with Gasteiger partial charge in [0.1, 0.15) is 12.1 Å². The predicted molar refractivity (Wildman–Crippen MR) is 144 cm³/mol. The van der Waals surface area contributed by atoms with Crippen molar-refractivity contribution in [3.05, 3.63) is 65.7 Å². The summed E-state index contributed by atoms with van der Waals surface area (Å²) in [5, 5.41) is 12.1. The van der Waals surface area contributed by atoms with Gasteiger partial charge < -0.3 is 25.0 Å². The van der Waals surface area contributed by atoms with E-state index in [1.54, 1.807) is 13.8 Å². The number of piperidine rings is 1. The van der Waals surface area contributed by atoms with Crippen molar-refractivity contribution in [1.29, 1.82) is 0 Å². The minimum Gasteiger partial charge on any atom is -0.480 e. The number of esters is 1. The molecule has 3 rings (SSSR count). The minimum absolute atomic E-state index is 0.230. The molecule has 2 atom stereocenters. The van der Waals surface area contributed by atoms with Crippen molar-refractivity contribution in [1.82, 2.24) is 10.2 Å². The molecule has 2 N–H and O–H groups in total. The quantitative estimate of drug-likeness (QED) is 0.460. The molecule has 2 aromatic rings. The maximum absolute atomic E-state index is 13.1. The van der Waals surface area contributed by atoms with Gasteiger partial charge in [-0.2, -0.15) is 0 Å². The number of carbonyl (C=O) groups excluding carboxylic acids is 3. The highest BCUT2D eigenvalue weighted by atomic mass is 16.5. The molecule has 1 saturated heterocycles. The number of carboxylic acid groups (broad SMARTS) is 1. The van der Waals surface area contributed by atoms with Crippen LogP contribution in [0.2, 0.25) is 0 Å². The van der Waals surface area contributed by atoms with Crippen molar-refractivity contribution in [2.24, 2.45) is 0 Å². The van der Waals surface area contributed by atoms with E-state index in [1.807, 2.05) is 61.5 Å². The van der Waals surface area contributed by atoms with E-state index in [2.05, 4.69) is 10.2 Å². The first-order chi connectivity index (χ1) is 18.1. The topological polar surface area (TPSA) is 116 Å². The SMILES string of the molecule is CCN(CC(=O)O)C(=O)C(C)c1cccc(N2CCC(NC(=O)C(C)c3ccccc3)(C(=O)OC)CC2)c1. The first-order valence-corrected chi connectivity index (χ1v) is 12.9. The number of aliphatic carboxylic acids is 1. The Morgan fingerprint density at radius 3 is 2.21 bits per heavy atom. The molecule has 2 unspecified atom stereocenters. The number of methoxy groups -OCH3 is 1. The lowest BCUT2D eigenvalue weighted by Gasteiger charge is -2.41. The van der Waals surface area contributed by atoms with E-state index in [0.717, 1.165) is 16.8 Å². The number of ether oxygens (including phenoxy) is 1. The van der Waals surface area contributed by atoms with Crippen molar-refractivity contribution in [3.8, 4) is 0 Å². The molecule has 0 aromatic heterocycles. The number of rotatable bonds is 10. The highest BCUT2D eigenvalue weighted by Gasteiger charge is 2.44. The Bertz CT molecular complexity index is 1140. The fourth-order valence-electron chi connectivity index (χ4n) is 4.88. The van der Waals surface area contributed by atoms with Crippen molar-refractivity contribution >= 4 is 29.4 Å². The molecule has 1 heterocycles. The van der Waals surface area contributed by atoms with Crippen LogP contribution < -0.4 is 10.2 Å². The van der Waals surface area contributed by atoms with Crippen LogP contribution in [0, 0.1) is 0 Å². The third-order valence-corrected chi connectivity index (χ3v) is 7.37. The number of benzene rings is 2. The molecular formula is C29H37N3O6. The number of nitrogens with zero attached hydrogens (tertiary/aromatic N) is 2. The van der Waals surface area contributed by atoms with Crippen LogP contribution in [0.1, 0.15) is 56.6 Å². The maximum atomic E-state index is 13.1. The Morgan fingerprint density at radius 1 is 1.00 bits per heavy atom. The van der Waals surface area contributed by atoms with E-state index < -0.39 is 29.3 Å². The van der Waals surface area contributed by atoms with Gasteiger partial charge in [0, 0.05) is 25.3 Å². The van der Waals surface area contributed by atoms with E-state index in [1.165, 1.54) is 12.0 Å². The van der Waals surface area contributed by atoms with Gasteiger partial charge in [-0.15, -0.1) is 0 Å². The van der Waals surface area contributed by atoms with Gasteiger partial charge >= 0.3 is 11.9 Å². The smallest absolute Gasteiger partial charge is 0.331 e. The van der Waals surface area contributed by atoms with Gasteiger partial charge in [0.25, 0.3) is 0 Å². The van der Waals surface area contributed by atoms with E-state index in [-0.39, 0.29) is 18.4 Å². The van der Waals surface area contributed by atoms with Crippen LogP contribution in [0.3, 0.4) is 0 Å². The molecule has 204 valence electrons. The normalized spacial score (nSPS) is 16.2. The second-order valence-electron chi connectivity index (χ2n) is 9.75. The van der Waals surface area contributed by atoms with E-state index in [9.17, 15) is 19.2 Å². The summed E-state index contributed by atoms with van der Waals surface area (Å²) < 4.78 is 5.10. The maximum Gasteiger partial charge on any atom is 0.331 e. The molecule has 1 aliphatic rings. The van der Waals surface area contributed by atoms with Gasteiger partial charge in [-0.05, 0) is 56.9 Å². The largest absolute Gasteiger partial charge is 0.480 e. The van der Waals surface area contributed by atoms with Crippen molar-refractivity contribution in [2.75, 3.05) is 38.2 Å². The highest BCUT2D eigenvalue weighted by Crippen LogP contribution is 2.31. The lowest BCUT2D eigenvalue weighted by atomic mass is 9.85. The number of amides is 2. The number of hydrogen-bond acceptors (Lipinski definition) is 6. The molecule has 9 nitrogen and oxygen atoms in total. The summed E-state index contributed by atoms with van der Waals surface area (Å²) >= 11 is 0. The zero-order valence-corrected chi connectivity index (χ0v) is 22.5. The van der Waals surface area contributed by atoms with Gasteiger partial charge in [-0.1, -0.05) is 42.5 Å². The summed E-state index contributed by atoms with van der Waals surface area (Å²) in [7, 11) is 1.33.